The normalized spacial score (nSPS) is 12.5. The topological polar surface area (TPSA) is 137 Å². The van der Waals surface area contributed by atoms with Gasteiger partial charge < -0.3 is 15.2 Å². The Balaban J connectivity index is 2.14. The predicted molar refractivity (Wildman–Crippen MR) is 118 cm³/mol. The van der Waals surface area contributed by atoms with E-state index >= 15 is 0 Å². The molecule has 0 bridgehead atoms. The maximum atomic E-state index is 13.4. The number of aromatic carboxylic acids is 1. The van der Waals surface area contributed by atoms with Crippen molar-refractivity contribution in [2.75, 3.05) is 16.6 Å². The van der Waals surface area contributed by atoms with Gasteiger partial charge in [0.15, 0.2) is 15.7 Å². The highest BCUT2D eigenvalue weighted by Crippen LogP contribution is 2.38. The Morgan fingerprint density at radius 1 is 1.19 bits per heavy atom. The molecular formula is C21H23N5O4S. The zero-order valence-corrected chi connectivity index (χ0v) is 17.7. The molecule has 3 rings (SSSR count). The van der Waals surface area contributed by atoms with Crippen LogP contribution < -0.4 is 14.8 Å². The Bertz CT molecular complexity index is 1140. The van der Waals surface area contributed by atoms with E-state index in [1.54, 1.807) is 24.3 Å². The number of unbranched alkanes of at least 4 members (excludes halogenated alkanes) is 1. The van der Waals surface area contributed by atoms with Gasteiger partial charge in [-0.2, -0.15) is 10.2 Å². The zero-order valence-electron chi connectivity index (χ0n) is 16.9. The van der Waals surface area contributed by atoms with Crippen molar-refractivity contribution in [2.45, 2.75) is 24.7 Å². The molecule has 0 aliphatic heterocycles. The van der Waals surface area contributed by atoms with Gasteiger partial charge in [-0.15, -0.1) is 0 Å². The molecule has 1 aromatic heterocycles. The van der Waals surface area contributed by atoms with E-state index in [9.17, 15) is 14.1 Å². The molecule has 9 nitrogen and oxygen atoms in total. The monoisotopic (exact) mass is 441 g/mol. The molecule has 0 spiro atoms. The molecule has 0 radical (unpaired) electrons. The molecule has 0 fully saturated rings. The number of carboxylic acids is 1. The van der Waals surface area contributed by atoms with E-state index in [0.29, 0.717) is 23.7 Å². The maximum absolute atomic E-state index is 13.4. The van der Waals surface area contributed by atoms with Crippen LogP contribution in [0.3, 0.4) is 0 Å². The number of para-hydroxylation sites is 1. The minimum absolute atomic E-state index is 0.0907. The quantitative estimate of drug-likeness (QED) is 0.337. The second-order valence-corrected chi connectivity index (χ2v) is 8.40. The number of nitrogens with zero attached hydrogens (tertiary/aromatic N) is 2. The number of ether oxygens (including phenoxy) is 1. The van der Waals surface area contributed by atoms with Gasteiger partial charge >= 0.3 is 5.97 Å². The molecule has 3 aromatic rings. The number of anilines is 2. The first-order chi connectivity index (χ1) is 14.9. The highest BCUT2D eigenvalue weighted by molar-refractivity contribution is 7.93. The Morgan fingerprint density at radius 3 is 2.61 bits per heavy atom. The third-order valence-electron chi connectivity index (χ3n) is 4.27. The molecule has 31 heavy (non-hydrogen) atoms. The van der Waals surface area contributed by atoms with Gasteiger partial charge in [0, 0.05) is 6.54 Å². The van der Waals surface area contributed by atoms with Crippen LogP contribution in [0.25, 0.3) is 0 Å². The van der Waals surface area contributed by atoms with E-state index < -0.39 is 15.9 Å². The molecule has 1 unspecified atom stereocenters. The van der Waals surface area contributed by atoms with Crippen LogP contribution in [0.2, 0.25) is 0 Å². The Hall–Kier alpha value is -3.66. The Kier molecular flexibility index (Phi) is 7.03. The van der Waals surface area contributed by atoms with Gasteiger partial charge in [-0.05, 0) is 36.8 Å². The SMILES string of the molecule is CCCCNc1cc(C(=O)O)cc(S(=N)(=O)Nc2ccnnc2)c1Oc1ccccc1. The molecule has 1 heterocycles. The van der Waals surface area contributed by atoms with E-state index in [0.717, 1.165) is 12.8 Å². The standard InChI is InChI=1S/C21H23N5O4S/c1-2-3-10-23-18-12-15(21(27)28)13-19(20(18)30-17-7-5-4-6-8-17)31(22,29)26-16-9-11-24-25-14-16/h4-9,11-14,23H,2-3,10H2,1H3,(H,27,28)(H2,22,24,26,29). The number of aromatic nitrogens is 2. The molecular weight excluding hydrogens is 418 g/mol. The van der Waals surface area contributed by atoms with Crippen molar-refractivity contribution in [1.82, 2.24) is 10.2 Å². The number of benzene rings is 2. The largest absolute Gasteiger partial charge is 0.478 e. The van der Waals surface area contributed by atoms with Crippen molar-refractivity contribution in [3.63, 3.8) is 0 Å². The van der Waals surface area contributed by atoms with Crippen molar-refractivity contribution in [3.8, 4) is 11.5 Å². The first-order valence-electron chi connectivity index (χ1n) is 9.62. The van der Waals surface area contributed by atoms with Crippen LogP contribution in [0.5, 0.6) is 11.5 Å². The van der Waals surface area contributed by atoms with Crippen LogP contribution in [-0.4, -0.2) is 32.0 Å². The maximum Gasteiger partial charge on any atom is 0.335 e. The number of rotatable bonds is 10. The van der Waals surface area contributed by atoms with Gasteiger partial charge in [-0.3, -0.25) is 4.72 Å². The Morgan fingerprint density at radius 2 is 1.97 bits per heavy atom. The third kappa shape index (κ3) is 5.70. The fourth-order valence-corrected chi connectivity index (χ4v) is 4.02. The summed E-state index contributed by atoms with van der Waals surface area (Å²) in [7, 11) is -3.72. The molecule has 2 aromatic carbocycles. The summed E-state index contributed by atoms with van der Waals surface area (Å²) in [6.07, 6.45) is 4.49. The van der Waals surface area contributed by atoms with Gasteiger partial charge in [0.2, 0.25) is 0 Å². The van der Waals surface area contributed by atoms with Crippen LogP contribution >= 0.6 is 0 Å². The summed E-state index contributed by atoms with van der Waals surface area (Å²) in [4.78, 5) is 11.6. The molecule has 162 valence electrons. The molecule has 1 atom stereocenters. The Labute approximate surface area is 180 Å². The van der Waals surface area contributed by atoms with Gasteiger partial charge in [0.25, 0.3) is 0 Å². The van der Waals surface area contributed by atoms with Gasteiger partial charge in [-0.25, -0.2) is 13.8 Å². The van der Waals surface area contributed by atoms with E-state index in [-0.39, 0.29) is 16.2 Å². The highest BCUT2D eigenvalue weighted by Gasteiger charge is 2.24. The van der Waals surface area contributed by atoms with Gasteiger partial charge in [-0.1, -0.05) is 31.5 Å². The van der Waals surface area contributed by atoms with Gasteiger partial charge in [0.05, 0.1) is 29.3 Å². The second-order valence-electron chi connectivity index (χ2n) is 6.64. The van der Waals surface area contributed by atoms with Crippen LogP contribution in [0.1, 0.15) is 30.1 Å². The lowest BCUT2D eigenvalue weighted by molar-refractivity contribution is 0.0696. The third-order valence-corrected chi connectivity index (χ3v) is 5.71. The molecule has 0 aliphatic rings. The number of nitrogens with one attached hydrogen (secondary N) is 3. The van der Waals surface area contributed by atoms with E-state index in [1.165, 1.54) is 30.6 Å². The lowest BCUT2D eigenvalue weighted by Crippen LogP contribution is -2.15. The number of carbonyl (C=O) groups is 1. The van der Waals surface area contributed by atoms with Crippen LogP contribution in [0, 0.1) is 4.78 Å². The molecule has 4 N–H and O–H groups in total. The number of hydrogen-bond donors (Lipinski definition) is 4. The fraction of sp³-hybridized carbons (Fsp3) is 0.190. The number of hydrogen-bond acceptors (Lipinski definition) is 7. The first kappa shape index (κ1) is 22.0. The fourth-order valence-electron chi connectivity index (χ4n) is 2.75. The van der Waals surface area contributed by atoms with Crippen LogP contribution in [0.15, 0.2) is 65.8 Å². The smallest absolute Gasteiger partial charge is 0.335 e. The van der Waals surface area contributed by atoms with Crippen molar-refractivity contribution >= 4 is 27.3 Å². The lowest BCUT2D eigenvalue weighted by atomic mass is 10.1. The second kappa shape index (κ2) is 9.90. The van der Waals surface area contributed by atoms with Gasteiger partial charge in [0.1, 0.15) is 10.6 Å². The molecule has 0 aliphatic carbocycles. The first-order valence-corrected chi connectivity index (χ1v) is 11.2. The predicted octanol–water partition coefficient (Wildman–Crippen LogP) is 4.61. The van der Waals surface area contributed by atoms with E-state index in [1.807, 2.05) is 13.0 Å². The molecule has 0 saturated heterocycles. The summed E-state index contributed by atoms with van der Waals surface area (Å²) in [5.74, 6) is -0.611. The lowest BCUT2D eigenvalue weighted by Gasteiger charge is -2.20. The summed E-state index contributed by atoms with van der Waals surface area (Å²) >= 11 is 0. The van der Waals surface area contributed by atoms with Crippen LogP contribution in [0.4, 0.5) is 11.4 Å². The summed E-state index contributed by atoms with van der Waals surface area (Å²) in [6, 6.07) is 13.0. The summed E-state index contributed by atoms with van der Waals surface area (Å²) in [5.41, 5.74) is 0.549. The molecule has 0 amide bonds. The highest BCUT2D eigenvalue weighted by atomic mass is 32.2. The minimum Gasteiger partial charge on any atom is -0.478 e. The van der Waals surface area contributed by atoms with Crippen molar-refractivity contribution in [3.05, 3.63) is 66.5 Å². The molecule has 0 saturated carbocycles. The zero-order chi connectivity index (χ0) is 22.3. The average Bonchev–Trinajstić information content (AvgIpc) is 2.75. The average molecular weight is 442 g/mol. The van der Waals surface area contributed by atoms with Crippen LogP contribution in [-0.2, 0) is 9.92 Å². The number of carboxylic acid groups (broad SMARTS) is 1. The summed E-state index contributed by atoms with van der Waals surface area (Å²) in [5, 5.41) is 20.1. The molecule has 10 heteroatoms. The minimum atomic E-state index is -3.72. The van der Waals surface area contributed by atoms with Crippen molar-refractivity contribution in [2.24, 2.45) is 0 Å². The summed E-state index contributed by atoms with van der Waals surface area (Å²) in [6.45, 7) is 2.59. The van der Waals surface area contributed by atoms with E-state index in [2.05, 4.69) is 20.2 Å². The van der Waals surface area contributed by atoms with Crippen molar-refractivity contribution in [1.29, 1.82) is 4.78 Å². The summed E-state index contributed by atoms with van der Waals surface area (Å²) < 4.78 is 30.6. The van der Waals surface area contributed by atoms with Crippen molar-refractivity contribution < 1.29 is 18.8 Å². The van der Waals surface area contributed by atoms with E-state index in [4.69, 9.17) is 9.52 Å².